The summed E-state index contributed by atoms with van der Waals surface area (Å²) in [6, 6.07) is 4.53. The molecule has 15 heavy (non-hydrogen) atoms. The molecular formula is C11H12O4. The van der Waals surface area contributed by atoms with Crippen LogP contribution in [-0.2, 0) is 4.79 Å². The van der Waals surface area contributed by atoms with Crippen LogP contribution in [0, 0.1) is 0 Å². The minimum atomic E-state index is -1.56. The van der Waals surface area contributed by atoms with Crippen LogP contribution in [0.3, 0.4) is 0 Å². The molecule has 0 atom stereocenters. The highest BCUT2D eigenvalue weighted by Gasteiger charge is 2.20. The Kier molecular flexibility index (Phi) is 3.09. The lowest BCUT2D eigenvalue weighted by Gasteiger charge is -2.10. The molecule has 4 nitrogen and oxygen atoms in total. The molecular weight excluding hydrogens is 196 g/mol. The number of carboxylic acids is 1. The smallest absolute Gasteiger partial charge is 0.377 e. The molecule has 0 amide bonds. The maximum Gasteiger partial charge on any atom is 0.377 e. The lowest BCUT2D eigenvalue weighted by atomic mass is 9.97. The third-order valence-electron chi connectivity index (χ3n) is 2.13. The van der Waals surface area contributed by atoms with E-state index in [4.69, 9.17) is 5.11 Å². The molecule has 0 spiro atoms. The highest BCUT2D eigenvalue weighted by Crippen LogP contribution is 2.28. The molecule has 2 N–H and O–H groups in total. The van der Waals surface area contributed by atoms with Crippen LogP contribution < -0.4 is 0 Å². The summed E-state index contributed by atoms with van der Waals surface area (Å²) in [6.07, 6.45) is 0. The molecule has 0 fully saturated rings. The number of aliphatic carboxylic acids is 1. The predicted molar refractivity (Wildman–Crippen MR) is 54.2 cm³/mol. The number of hydrogen-bond donors (Lipinski definition) is 2. The highest BCUT2D eigenvalue weighted by atomic mass is 16.4. The number of phenols is 1. The van der Waals surface area contributed by atoms with Gasteiger partial charge in [-0.05, 0) is 17.5 Å². The largest absolute Gasteiger partial charge is 0.507 e. The molecule has 0 unspecified atom stereocenters. The van der Waals surface area contributed by atoms with E-state index in [0.717, 1.165) is 0 Å². The number of carbonyl (C=O) groups is 2. The van der Waals surface area contributed by atoms with Crippen LogP contribution in [0.25, 0.3) is 0 Å². The van der Waals surface area contributed by atoms with Crippen LogP contribution in [0.5, 0.6) is 5.75 Å². The number of aromatic hydroxyl groups is 1. The molecule has 1 rings (SSSR count). The molecule has 1 aromatic rings. The van der Waals surface area contributed by atoms with E-state index in [0.29, 0.717) is 5.56 Å². The topological polar surface area (TPSA) is 74.6 Å². The second kappa shape index (κ2) is 4.13. The first-order valence-electron chi connectivity index (χ1n) is 4.54. The zero-order valence-corrected chi connectivity index (χ0v) is 8.52. The zero-order chi connectivity index (χ0) is 11.6. The summed E-state index contributed by atoms with van der Waals surface area (Å²) in [6.45, 7) is 3.70. The molecule has 4 heteroatoms. The van der Waals surface area contributed by atoms with E-state index in [-0.39, 0.29) is 17.2 Å². The average Bonchev–Trinajstić information content (AvgIpc) is 2.16. The molecule has 0 heterocycles. The van der Waals surface area contributed by atoms with Gasteiger partial charge in [-0.2, -0.15) is 0 Å². The van der Waals surface area contributed by atoms with Crippen molar-refractivity contribution < 1.29 is 19.8 Å². The SMILES string of the molecule is CC(C)c1cccc(C(=O)C(=O)O)c1O. The first-order valence-corrected chi connectivity index (χ1v) is 4.54. The second-order valence-corrected chi connectivity index (χ2v) is 3.53. The molecule has 0 radical (unpaired) electrons. The van der Waals surface area contributed by atoms with Crippen molar-refractivity contribution in [3.05, 3.63) is 29.3 Å². The number of rotatable bonds is 3. The summed E-state index contributed by atoms with van der Waals surface area (Å²) in [5, 5.41) is 18.2. The fraction of sp³-hybridized carbons (Fsp3) is 0.273. The molecule has 0 saturated heterocycles. The van der Waals surface area contributed by atoms with E-state index in [1.807, 2.05) is 13.8 Å². The number of hydrogen-bond acceptors (Lipinski definition) is 3. The predicted octanol–water partition coefficient (Wildman–Crippen LogP) is 1.78. The van der Waals surface area contributed by atoms with Crippen molar-refractivity contribution in [2.24, 2.45) is 0 Å². The maximum absolute atomic E-state index is 11.2. The number of carbonyl (C=O) groups excluding carboxylic acids is 1. The second-order valence-electron chi connectivity index (χ2n) is 3.53. The monoisotopic (exact) mass is 208 g/mol. The lowest BCUT2D eigenvalue weighted by molar-refractivity contribution is -0.131. The van der Waals surface area contributed by atoms with Crippen molar-refractivity contribution in [2.75, 3.05) is 0 Å². The number of benzene rings is 1. The molecule has 0 aliphatic heterocycles. The van der Waals surface area contributed by atoms with Gasteiger partial charge in [-0.15, -0.1) is 0 Å². The fourth-order valence-corrected chi connectivity index (χ4v) is 1.33. The third-order valence-corrected chi connectivity index (χ3v) is 2.13. The number of ketones is 1. The van der Waals surface area contributed by atoms with Crippen molar-refractivity contribution in [3.63, 3.8) is 0 Å². The van der Waals surface area contributed by atoms with E-state index in [9.17, 15) is 14.7 Å². The van der Waals surface area contributed by atoms with Gasteiger partial charge in [0, 0.05) is 0 Å². The van der Waals surface area contributed by atoms with Gasteiger partial charge in [0.1, 0.15) is 5.75 Å². The van der Waals surface area contributed by atoms with E-state index in [1.165, 1.54) is 6.07 Å². The molecule has 0 aliphatic carbocycles. The number of carboxylic acid groups (broad SMARTS) is 1. The first kappa shape index (κ1) is 11.2. The number of phenolic OH excluding ortho intramolecular Hbond substituents is 1. The molecule has 0 aromatic heterocycles. The highest BCUT2D eigenvalue weighted by molar-refractivity contribution is 6.40. The van der Waals surface area contributed by atoms with Gasteiger partial charge in [0.2, 0.25) is 0 Å². The summed E-state index contributed by atoms with van der Waals surface area (Å²) in [5.74, 6) is -2.85. The normalized spacial score (nSPS) is 10.3. The van der Waals surface area contributed by atoms with E-state index >= 15 is 0 Å². The zero-order valence-electron chi connectivity index (χ0n) is 8.52. The Bertz CT molecular complexity index is 407. The first-order chi connectivity index (χ1) is 6.95. The van der Waals surface area contributed by atoms with Crippen molar-refractivity contribution in [1.29, 1.82) is 0 Å². The molecule has 0 bridgehead atoms. The van der Waals surface area contributed by atoms with Crippen molar-refractivity contribution in [1.82, 2.24) is 0 Å². The van der Waals surface area contributed by atoms with E-state index < -0.39 is 11.8 Å². The van der Waals surface area contributed by atoms with Crippen LogP contribution >= 0.6 is 0 Å². The summed E-state index contributed by atoms with van der Waals surface area (Å²) in [7, 11) is 0. The van der Waals surface area contributed by atoms with Crippen LogP contribution in [0.1, 0.15) is 35.7 Å². The minimum absolute atomic E-state index is 0.0338. The van der Waals surface area contributed by atoms with E-state index in [2.05, 4.69) is 0 Å². The van der Waals surface area contributed by atoms with Gasteiger partial charge in [-0.1, -0.05) is 26.0 Å². The third kappa shape index (κ3) is 2.15. The van der Waals surface area contributed by atoms with Crippen molar-refractivity contribution in [3.8, 4) is 5.75 Å². The maximum atomic E-state index is 11.2. The Morgan fingerprint density at radius 1 is 1.27 bits per heavy atom. The average molecular weight is 208 g/mol. The van der Waals surface area contributed by atoms with Gasteiger partial charge in [0.25, 0.3) is 5.78 Å². The van der Waals surface area contributed by atoms with Crippen LogP contribution in [-0.4, -0.2) is 22.0 Å². The Labute approximate surface area is 87.2 Å². The van der Waals surface area contributed by atoms with Crippen molar-refractivity contribution in [2.45, 2.75) is 19.8 Å². The quantitative estimate of drug-likeness (QED) is 0.586. The Morgan fingerprint density at radius 3 is 2.33 bits per heavy atom. The molecule has 0 saturated carbocycles. The minimum Gasteiger partial charge on any atom is -0.507 e. The van der Waals surface area contributed by atoms with Crippen LogP contribution in [0.4, 0.5) is 0 Å². The van der Waals surface area contributed by atoms with Gasteiger partial charge < -0.3 is 10.2 Å². The summed E-state index contributed by atoms with van der Waals surface area (Å²) in [4.78, 5) is 21.7. The lowest BCUT2D eigenvalue weighted by Crippen LogP contribution is -2.13. The number of Topliss-reactive ketones (excluding diaryl/α,β-unsaturated/α-hetero) is 1. The molecule has 0 aliphatic rings. The molecule has 80 valence electrons. The standard InChI is InChI=1S/C11H12O4/c1-6(2)7-4-3-5-8(9(7)12)10(13)11(14)15/h3-6,12H,1-2H3,(H,14,15). The van der Waals surface area contributed by atoms with Gasteiger partial charge in [-0.3, -0.25) is 4.79 Å². The summed E-state index contributed by atoms with van der Waals surface area (Å²) < 4.78 is 0. The Hall–Kier alpha value is -1.84. The van der Waals surface area contributed by atoms with Crippen molar-refractivity contribution >= 4 is 11.8 Å². The van der Waals surface area contributed by atoms with Gasteiger partial charge in [0.15, 0.2) is 0 Å². The summed E-state index contributed by atoms with van der Waals surface area (Å²) >= 11 is 0. The Morgan fingerprint density at radius 2 is 1.87 bits per heavy atom. The van der Waals surface area contributed by atoms with Gasteiger partial charge >= 0.3 is 5.97 Å². The fourth-order valence-electron chi connectivity index (χ4n) is 1.33. The van der Waals surface area contributed by atoms with E-state index in [1.54, 1.807) is 12.1 Å². The van der Waals surface area contributed by atoms with Crippen LogP contribution in [0.15, 0.2) is 18.2 Å². The van der Waals surface area contributed by atoms with Crippen LogP contribution in [0.2, 0.25) is 0 Å². The van der Waals surface area contributed by atoms with Gasteiger partial charge in [0.05, 0.1) is 5.56 Å². The molecule has 1 aromatic carbocycles. The summed E-state index contributed by atoms with van der Waals surface area (Å²) in [5.41, 5.74) is 0.413. The Balaban J connectivity index is 3.27. The number of para-hydroxylation sites is 1. The van der Waals surface area contributed by atoms with Gasteiger partial charge in [-0.25, -0.2) is 4.79 Å².